The summed E-state index contributed by atoms with van der Waals surface area (Å²) in [7, 11) is 2.19. The summed E-state index contributed by atoms with van der Waals surface area (Å²) in [5, 5.41) is 20.1. The first-order valence-electron chi connectivity index (χ1n) is 9.76. The first kappa shape index (κ1) is 18.5. The van der Waals surface area contributed by atoms with Gasteiger partial charge in [0, 0.05) is 35.3 Å². The van der Waals surface area contributed by atoms with Crippen LogP contribution >= 0.6 is 11.6 Å². The van der Waals surface area contributed by atoms with Crippen molar-refractivity contribution in [2.24, 2.45) is 0 Å². The lowest BCUT2D eigenvalue weighted by Gasteiger charge is -2.42. The molecule has 144 valence electrons. The van der Waals surface area contributed by atoms with Crippen LogP contribution in [-0.4, -0.2) is 52.9 Å². The Labute approximate surface area is 166 Å². The van der Waals surface area contributed by atoms with E-state index in [0.717, 1.165) is 42.1 Å². The molecule has 1 N–H and O–H groups in total. The van der Waals surface area contributed by atoms with Gasteiger partial charge in [0.05, 0.1) is 5.69 Å². The largest absolute Gasteiger partial charge is 0.507 e. The average molecular weight is 387 g/mol. The van der Waals surface area contributed by atoms with Gasteiger partial charge in [-0.2, -0.15) is 0 Å². The SMILES string of the molecule is Cc1cc(Cl)cc(O)c1-c1cc2c(nn1)N([C@@H]1CCCN(C)C1)CCC2C. The Morgan fingerprint density at radius 1 is 1.15 bits per heavy atom. The molecule has 1 fully saturated rings. The lowest BCUT2D eigenvalue weighted by atomic mass is 9.90. The summed E-state index contributed by atoms with van der Waals surface area (Å²) < 4.78 is 0. The van der Waals surface area contributed by atoms with Crippen molar-refractivity contribution >= 4 is 17.4 Å². The molecule has 0 spiro atoms. The van der Waals surface area contributed by atoms with E-state index in [1.54, 1.807) is 6.07 Å². The van der Waals surface area contributed by atoms with Crippen molar-refractivity contribution in [3.05, 3.63) is 34.3 Å². The van der Waals surface area contributed by atoms with Crippen molar-refractivity contribution in [1.29, 1.82) is 0 Å². The van der Waals surface area contributed by atoms with Crippen LogP contribution in [0.5, 0.6) is 5.75 Å². The third-order valence-corrected chi connectivity index (χ3v) is 6.20. The lowest BCUT2D eigenvalue weighted by molar-refractivity contribution is 0.241. The smallest absolute Gasteiger partial charge is 0.155 e. The minimum atomic E-state index is 0.156. The molecule has 2 aliphatic rings. The van der Waals surface area contributed by atoms with E-state index in [1.807, 2.05) is 13.0 Å². The Bertz CT molecular complexity index is 833. The van der Waals surface area contributed by atoms with Crippen LogP contribution in [0.4, 0.5) is 5.82 Å². The van der Waals surface area contributed by atoms with E-state index < -0.39 is 0 Å². The first-order chi connectivity index (χ1) is 12.9. The zero-order valence-corrected chi connectivity index (χ0v) is 17.0. The molecular weight excluding hydrogens is 360 g/mol. The molecule has 1 aromatic carbocycles. The monoisotopic (exact) mass is 386 g/mol. The van der Waals surface area contributed by atoms with Crippen molar-refractivity contribution in [2.75, 3.05) is 31.6 Å². The molecule has 6 heteroatoms. The van der Waals surface area contributed by atoms with Crippen LogP contribution in [0.2, 0.25) is 5.02 Å². The number of aryl methyl sites for hydroxylation is 1. The van der Waals surface area contributed by atoms with Gasteiger partial charge in [0.1, 0.15) is 5.75 Å². The van der Waals surface area contributed by atoms with Crippen LogP contribution in [0.25, 0.3) is 11.3 Å². The third kappa shape index (κ3) is 3.50. The maximum atomic E-state index is 10.4. The Kier molecular flexibility index (Phi) is 4.99. The highest BCUT2D eigenvalue weighted by molar-refractivity contribution is 6.31. The fraction of sp³-hybridized carbons (Fsp3) is 0.524. The maximum Gasteiger partial charge on any atom is 0.155 e. The zero-order chi connectivity index (χ0) is 19.1. The maximum absolute atomic E-state index is 10.4. The second kappa shape index (κ2) is 7.28. The zero-order valence-electron chi connectivity index (χ0n) is 16.2. The van der Waals surface area contributed by atoms with Gasteiger partial charge in [0.25, 0.3) is 0 Å². The Morgan fingerprint density at radius 2 is 1.96 bits per heavy atom. The van der Waals surface area contributed by atoms with Gasteiger partial charge in [0.15, 0.2) is 5.82 Å². The number of phenols is 1. The number of hydrogen-bond acceptors (Lipinski definition) is 5. The van der Waals surface area contributed by atoms with Crippen LogP contribution in [0, 0.1) is 6.92 Å². The van der Waals surface area contributed by atoms with Gasteiger partial charge in [-0.3, -0.25) is 0 Å². The van der Waals surface area contributed by atoms with Crippen molar-refractivity contribution < 1.29 is 5.11 Å². The molecule has 0 bridgehead atoms. The fourth-order valence-corrected chi connectivity index (χ4v) is 4.78. The number of piperidine rings is 1. The highest BCUT2D eigenvalue weighted by Crippen LogP contribution is 2.40. The molecule has 3 heterocycles. The lowest BCUT2D eigenvalue weighted by Crippen LogP contribution is -2.49. The van der Waals surface area contributed by atoms with Crippen molar-refractivity contribution in [3.63, 3.8) is 0 Å². The standard InChI is InChI=1S/C21H27ClN4O/c1-13-6-8-26(16-5-4-7-25(3)12-16)21-17(13)11-18(23-24-21)20-14(2)9-15(22)10-19(20)27/h9-11,13,16,27H,4-8,12H2,1-3H3/t13?,16-/m1/s1. The number of aromatic hydroxyl groups is 1. The predicted octanol–water partition coefficient (Wildman–Crippen LogP) is 4.22. The van der Waals surface area contributed by atoms with E-state index in [1.165, 1.54) is 24.9 Å². The number of hydrogen-bond donors (Lipinski definition) is 1. The Hall–Kier alpha value is -1.85. The molecule has 2 aromatic rings. The molecule has 2 aliphatic heterocycles. The number of halogens is 1. The molecule has 0 aliphatic carbocycles. The molecule has 27 heavy (non-hydrogen) atoms. The average Bonchev–Trinajstić information content (AvgIpc) is 2.61. The second-order valence-corrected chi connectivity index (χ2v) is 8.50. The number of likely N-dealkylation sites (N-methyl/N-ethyl adjacent to an activating group) is 1. The molecule has 1 unspecified atom stereocenters. The third-order valence-electron chi connectivity index (χ3n) is 5.98. The van der Waals surface area contributed by atoms with Gasteiger partial charge >= 0.3 is 0 Å². The minimum absolute atomic E-state index is 0.156. The quantitative estimate of drug-likeness (QED) is 0.837. The number of anilines is 1. The number of rotatable bonds is 2. The van der Waals surface area contributed by atoms with E-state index in [-0.39, 0.29) is 5.75 Å². The van der Waals surface area contributed by atoms with Gasteiger partial charge in [-0.05, 0) is 69.5 Å². The summed E-state index contributed by atoms with van der Waals surface area (Å²) in [5.41, 5.74) is 3.57. The number of fused-ring (bicyclic) bond motifs is 1. The molecule has 4 rings (SSSR count). The van der Waals surface area contributed by atoms with Crippen LogP contribution in [0.3, 0.4) is 0 Å². The molecule has 5 nitrogen and oxygen atoms in total. The van der Waals surface area contributed by atoms with Crippen LogP contribution in [0.1, 0.15) is 43.2 Å². The summed E-state index contributed by atoms with van der Waals surface area (Å²) in [4.78, 5) is 4.86. The highest BCUT2D eigenvalue weighted by Gasteiger charge is 2.32. The van der Waals surface area contributed by atoms with Gasteiger partial charge in [0.2, 0.25) is 0 Å². The van der Waals surface area contributed by atoms with Gasteiger partial charge in [-0.25, -0.2) is 0 Å². The first-order valence-corrected chi connectivity index (χ1v) is 10.1. The van der Waals surface area contributed by atoms with E-state index in [9.17, 15) is 5.11 Å². The van der Waals surface area contributed by atoms with E-state index in [4.69, 9.17) is 11.6 Å². The number of nitrogens with zero attached hydrogens (tertiary/aromatic N) is 4. The molecule has 1 saturated heterocycles. The van der Waals surface area contributed by atoms with Gasteiger partial charge in [-0.1, -0.05) is 18.5 Å². The van der Waals surface area contributed by atoms with Gasteiger partial charge < -0.3 is 14.9 Å². The Balaban J connectivity index is 1.73. The molecule has 1 aromatic heterocycles. The van der Waals surface area contributed by atoms with Crippen molar-refractivity contribution in [2.45, 2.75) is 45.1 Å². The summed E-state index contributed by atoms with van der Waals surface area (Å²) >= 11 is 6.06. The fourth-order valence-electron chi connectivity index (χ4n) is 4.51. The number of benzene rings is 1. The molecular formula is C21H27ClN4O. The molecule has 0 saturated carbocycles. The van der Waals surface area contributed by atoms with E-state index in [2.05, 4.69) is 40.0 Å². The molecule has 0 amide bonds. The van der Waals surface area contributed by atoms with Crippen molar-refractivity contribution in [3.8, 4) is 17.0 Å². The number of phenolic OH excluding ortho intramolecular Hbond substituents is 1. The van der Waals surface area contributed by atoms with Crippen molar-refractivity contribution in [1.82, 2.24) is 15.1 Å². The van der Waals surface area contributed by atoms with E-state index >= 15 is 0 Å². The van der Waals surface area contributed by atoms with Gasteiger partial charge in [-0.15, -0.1) is 10.2 Å². The topological polar surface area (TPSA) is 52.5 Å². The normalized spacial score (nSPS) is 23.3. The minimum Gasteiger partial charge on any atom is -0.507 e. The summed E-state index contributed by atoms with van der Waals surface area (Å²) in [6.07, 6.45) is 3.55. The van der Waals surface area contributed by atoms with Crippen LogP contribution in [-0.2, 0) is 0 Å². The predicted molar refractivity (Wildman–Crippen MR) is 110 cm³/mol. The van der Waals surface area contributed by atoms with Crippen LogP contribution < -0.4 is 4.90 Å². The molecule has 2 atom stereocenters. The highest BCUT2D eigenvalue weighted by atomic mass is 35.5. The van der Waals surface area contributed by atoms with Crippen LogP contribution in [0.15, 0.2) is 18.2 Å². The summed E-state index contributed by atoms with van der Waals surface area (Å²) in [5.74, 6) is 1.61. The Morgan fingerprint density at radius 3 is 2.70 bits per heavy atom. The second-order valence-electron chi connectivity index (χ2n) is 8.07. The molecule has 0 radical (unpaired) electrons. The van der Waals surface area contributed by atoms with E-state index in [0.29, 0.717) is 17.0 Å². The number of aromatic nitrogens is 2. The summed E-state index contributed by atoms with van der Waals surface area (Å²) in [6, 6.07) is 6.03. The number of likely N-dealkylation sites (tertiary alicyclic amines) is 1. The summed E-state index contributed by atoms with van der Waals surface area (Å²) in [6.45, 7) is 7.48.